The molecule has 1 fully saturated rings. The largest absolute Gasteiger partial charge is 0.481 e. The van der Waals surface area contributed by atoms with Gasteiger partial charge >= 0.3 is 5.97 Å². The number of methoxy groups -OCH3 is 2. The van der Waals surface area contributed by atoms with E-state index >= 15 is 0 Å². The number of ether oxygens (including phenoxy) is 2. The van der Waals surface area contributed by atoms with E-state index in [4.69, 9.17) is 14.6 Å². The Morgan fingerprint density at radius 3 is 1.94 bits per heavy atom. The summed E-state index contributed by atoms with van der Waals surface area (Å²) in [5.74, 6) is -0.631. The van der Waals surface area contributed by atoms with Gasteiger partial charge < -0.3 is 19.9 Å². The normalized spacial score (nSPS) is 15.9. The molecule has 108 valence electrons. The van der Waals surface area contributed by atoms with E-state index in [1.54, 1.807) is 14.2 Å². The van der Waals surface area contributed by atoms with Crippen LogP contribution in [0.25, 0.3) is 0 Å². The van der Waals surface area contributed by atoms with Crippen molar-refractivity contribution in [1.82, 2.24) is 5.32 Å². The van der Waals surface area contributed by atoms with Gasteiger partial charge in [-0.1, -0.05) is 19.3 Å². The molecule has 0 aliphatic heterocycles. The van der Waals surface area contributed by atoms with Crippen LogP contribution < -0.4 is 5.32 Å². The lowest BCUT2D eigenvalue weighted by atomic mass is 9.90. The van der Waals surface area contributed by atoms with Crippen molar-refractivity contribution < 1.29 is 19.4 Å². The van der Waals surface area contributed by atoms with Crippen molar-refractivity contribution in [1.29, 1.82) is 0 Å². The summed E-state index contributed by atoms with van der Waals surface area (Å²) in [5, 5.41) is 11.7. The minimum absolute atomic E-state index is 0.0289. The number of hydrogen-bond acceptors (Lipinski definition) is 4. The van der Waals surface area contributed by atoms with Crippen molar-refractivity contribution in [3.8, 4) is 0 Å². The molecule has 5 nitrogen and oxygen atoms in total. The second-order valence-corrected chi connectivity index (χ2v) is 4.41. The van der Waals surface area contributed by atoms with Crippen LogP contribution in [0.15, 0.2) is 0 Å². The van der Waals surface area contributed by atoms with Crippen LogP contribution in [0, 0.1) is 5.92 Å². The summed E-state index contributed by atoms with van der Waals surface area (Å²) in [6, 6.07) is 0. The predicted molar refractivity (Wildman–Crippen MR) is 70.8 cm³/mol. The SMILES string of the molecule is COCCNCCOC.O=C(O)C1CCCCC1. The Morgan fingerprint density at radius 2 is 1.61 bits per heavy atom. The van der Waals surface area contributed by atoms with Gasteiger partial charge in [0.2, 0.25) is 0 Å². The number of hydrogen-bond donors (Lipinski definition) is 2. The first kappa shape index (κ1) is 17.4. The molecular formula is C13H27NO4. The van der Waals surface area contributed by atoms with Gasteiger partial charge in [-0.05, 0) is 12.8 Å². The molecule has 5 heteroatoms. The van der Waals surface area contributed by atoms with Crippen LogP contribution in [0.3, 0.4) is 0 Å². The number of carboxylic acids is 1. The Morgan fingerprint density at radius 1 is 1.11 bits per heavy atom. The lowest BCUT2D eigenvalue weighted by Crippen LogP contribution is -2.23. The Hall–Kier alpha value is -0.650. The highest BCUT2D eigenvalue weighted by atomic mass is 16.5. The molecule has 0 amide bonds. The maximum Gasteiger partial charge on any atom is 0.306 e. The standard InChI is InChI=1S/C7H12O2.C6H15NO2/c8-7(9)6-4-2-1-3-5-6;1-8-5-3-7-4-6-9-2/h6H,1-5H2,(H,8,9);7H,3-6H2,1-2H3. The molecule has 0 aromatic heterocycles. The average molecular weight is 261 g/mol. The van der Waals surface area contributed by atoms with Crippen LogP contribution in [0.1, 0.15) is 32.1 Å². The fraction of sp³-hybridized carbons (Fsp3) is 0.923. The van der Waals surface area contributed by atoms with Crippen LogP contribution in [-0.2, 0) is 14.3 Å². The molecule has 0 heterocycles. The van der Waals surface area contributed by atoms with E-state index in [2.05, 4.69) is 5.32 Å². The van der Waals surface area contributed by atoms with E-state index in [9.17, 15) is 4.79 Å². The highest BCUT2D eigenvalue weighted by molar-refractivity contribution is 5.69. The van der Waals surface area contributed by atoms with E-state index in [1.165, 1.54) is 6.42 Å². The fourth-order valence-electron chi connectivity index (χ4n) is 1.82. The van der Waals surface area contributed by atoms with Crippen molar-refractivity contribution in [2.45, 2.75) is 32.1 Å². The summed E-state index contributed by atoms with van der Waals surface area (Å²) < 4.78 is 9.64. The maximum atomic E-state index is 10.4. The Labute approximate surface area is 110 Å². The van der Waals surface area contributed by atoms with Crippen molar-refractivity contribution in [2.24, 2.45) is 5.92 Å². The first-order valence-corrected chi connectivity index (χ1v) is 6.63. The zero-order chi connectivity index (χ0) is 13.6. The van der Waals surface area contributed by atoms with Crippen molar-refractivity contribution in [2.75, 3.05) is 40.5 Å². The molecule has 0 atom stereocenters. The van der Waals surface area contributed by atoms with E-state index in [1.807, 2.05) is 0 Å². The molecule has 0 aromatic rings. The predicted octanol–water partition coefficient (Wildman–Crippen LogP) is 1.52. The van der Waals surface area contributed by atoms with E-state index in [0.717, 1.165) is 52.0 Å². The average Bonchev–Trinajstić information content (AvgIpc) is 2.40. The van der Waals surface area contributed by atoms with E-state index in [-0.39, 0.29) is 5.92 Å². The highest BCUT2D eigenvalue weighted by Crippen LogP contribution is 2.23. The maximum absolute atomic E-state index is 10.4. The first-order chi connectivity index (χ1) is 8.72. The number of aliphatic carboxylic acids is 1. The van der Waals surface area contributed by atoms with Crippen molar-refractivity contribution >= 4 is 5.97 Å². The Kier molecular flexibility index (Phi) is 12.3. The van der Waals surface area contributed by atoms with Gasteiger partial charge in [0.05, 0.1) is 19.1 Å². The summed E-state index contributed by atoms with van der Waals surface area (Å²) in [5.41, 5.74) is 0. The molecule has 0 saturated heterocycles. The van der Waals surface area contributed by atoms with Gasteiger partial charge in [0, 0.05) is 27.3 Å². The molecule has 0 aromatic carbocycles. The molecule has 0 bridgehead atoms. The third-order valence-electron chi connectivity index (χ3n) is 2.92. The number of carboxylic acid groups (broad SMARTS) is 1. The second-order valence-electron chi connectivity index (χ2n) is 4.41. The monoisotopic (exact) mass is 261 g/mol. The fourth-order valence-corrected chi connectivity index (χ4v) is 1.82. The first-order valence-electron chi connectivity index (χ1n) is 6.63. The molecule has 0 radical (unpaired) electrons. The summed E-state index contributed by atoms with van der Waals surface area (Å²) >= 11 is 0. The number of carbonyl (C=O) groups is 1. The molecule has 1 aliphatic carbocycles. The Bertz CT molecular complexity index is 187. The molecule has 1 rings (SSSR count). The highest BCUT2D eigenvalue weighted by Gasteiger charge is 2.19. The second kappa shape index (κ2) is 12.8. The number of rotatable bonds is 7. The topological polar surface area (TPSA) is 67.8 Å². The van der Waals surface area contributed by atoms with Crippen LogP contribution in [0.2, 0.25) is 0 Å². The van der Waals surface area contributed by atoms with Crippen molar-refractivity contribution in [3.63, 3.8) is 0 Å². The van der Waals surface area contributed by atoms with Crippen LogP contribution in [0.4, 0.5) is 0 Å². The van der Waals surface area contributed by atoms with Crippen LogP contribution in [0.5, 0.6) is 0 Å². The van der Waals surface area contributed by atoms with Crippen LogP contribution >= 0.6 is 0 Å². The van der Waals surface area contributed by atoms with Crippen LogP contribution in [-0.4, -0.2) is 51.6 Å². The van der Waals surface area contributed by atoms with E-state index in [0.29, 0.717) is 0 Å². The molecule has 0 unspecified atom stereocenters. The minimum Gasteiger partial charge on any atom is -0.481 e. The molecule has 18 heavy (non-hydrogen) atoms. The smallest absolute Gasteiger partial charge is 0.306 e. The van der Waals surface area contributed by atoms with Gasteiger partial charge in [0.1, 0.15) is 0 Å². The van der Waals surface area contributed by atoms with Gasteiger partial charge in [0.25, 0.3) is 0 Å². The summed E-state index contributed by atoms with van der Waals surface area (Å²) in [7, 11) is 3.38. The third kappa shape index (κ3) is 10.5. The summed E-state index contributed by atoms with van der Waals surface area (Å²) in [6.45, 7) is 3.34. The molecule has 1 aliphatic rings. The quantitative estimate of drug-likeness (QED) is 0.680. The van der Waals surface area contributed by atoms with Gasteiger partial charge in [-0.3, -0.25) is 4.79 Å². The lowest BCUT2D eigenvalue weighted by molar-refractivity contribution is -0.142. The minimum atomic E-state index is -0.602. The van der Waals surface area contributed by atoms with Gasteiger partial charge in [-0.15, -0.1) is 0 Å². The number of nitrogens with one attached hydrogen (secondary N) is 1. The molecule has 2 N–H and O–H groups in total. The molecular weight excluding hydrogens is 234 g/mol. The van der Waals surface area contributed by atoms with Crippen molar-refractivity contribution in [3.05, 3.63) is 0 Å². The summed E-state index contributed by atoms with van der Waals surface area (Å²) in [4.78, 5) is 10.4. The van der Waals surface area contributed by atoms with Gasteiger partial charge in [0.15, 0.2) is 0 Å². The Balaban J connectivity index is 0.000000321. The zero-order valence-corrected chi connectivity index (χ0v) is 11.6. The van der Waals surface area contributed by atoms with Gasteiger partial charge in [-0.25, -0.2) is 0 Å². The molecule has 0 spiro atoms. The molecule has 1 saturated carbocycles. The zero-order valence-electron chi connectivity index (χ0n) is 11.6. The van der Waals surface area contributed by atoms with Gasteiger partial charge in [-0.2, -0.15) is 0 Å². The van der Waals surface area contributed by atoms with E-state index < -0.39 is 5.97 Å². The lowest BCUT2D eigenvalue weighted by Gasteiger charge is -2.16. The summed E-state index contributed by atoms with van der Waals surface area (Å²) in [6.07, 6.45) is 5.24. The third-order valence-corrected chi connectivity index (χ3v) is 2.92.